The minimum Gasteiger partial charge on any atom is -0.309 e. The molecule has 7 nitrogen and oxygen atoms in total. The predicted octanol–water partition coefficient (Wildman–Crippen LogP) is 18.9. The minimum atomic E-state index is 0.572. The Morgan fingerprint density at radius 2 is 0.598 bits per heavy atom. The van der Waals surface area contributed by atoms with Crippen molar-refractivity contribution < 1.29 is 0 Å². The van der Waals surface area contributed by atoms with Gasteiger partial charge in [-0.05, 0) is 108 Å². The van der Waals surface area contributed by atoms with Crippen molar-refractivity contribution in [2.24, 2.45) is 0 Å². The van der Waals surface area contributed by atoms with E-state index in [1.54, 1.807) is 0 Å². The molecule has 7 heteroatoms. The molecule has 0 radical (unpaired) electrons. The third-order valence-corrected chi connectivity index (χ3v) is 16.6. The molecule has 12 aromatic carbocycles. The molecule has 0 aliphatic carbocycles. The molecule has 0 saturated heterocycles. The number of rotatable bonds is 8. The molecule has 0 atom stereocenters. The highest BCUT2D eigenvalue weighted by Gasteiger charge is 2.24. The monoisotopic (exact) mass is 1050 g/mol. The summed E-state index contributed by atoms with van der Waals surface area (Å²) in [7, 11) is 0. The summed E-state index contributed by atoms with van der Waals surface area (Å²) in [5.41, 5.74) is 18.1. The lowest BCUT2D eigenvalue weighted by Crippen LogP contribution is -2.04. The first-order valence-electron chi connectivity index (χ1n) is 27.9. The standard InChI is InChI=1S/C75H47N7/c1-4-21-48(22-5-1)73-76-74(49-23-6-2-7-24-49)78-75(77-73)62-45-50(54-32-20-38-71-72(54)59-31-14-19-37-67(59)79(71)51-25-8-3-9-26-51)39-42-70(62)82-68-43-40-52(80-63-33-15-10-27-55(63)56-28-11-16-34-64(56)80)46-60(68)61-47-53(41-44-69(61)82)81-65-35-17-12-29-57(65)58-30-13-18-36-66(58)81/h1-47H. The highest BCUT2D eigenvalue weighted by atomic mass is 15.1. The zero-order valence-corrected chi connectivity index (χ0v) is 44.3. The van der Waals surface area contributed by atoms with E-state index < -0.39 is 0 Å². The van der Waals surface area contributed by atoms with Gasteiger partial charge in [0, 0.05) is 76.8 Å². The van der Waals surface area contributed by atoms with Gasteiger partial charge in [-0.1, -0.05) is 188 Å². The van der Waals surface area contributed by atoms with Gasteiger partial charge >= 0.3 is 0 Å². The van der Waals surface area contributed by atoms with E-state index >= 15 is 0 Å². The average Bonchev–Trinajstić information content (AvgIpc) is 3.67. The van der Waals surface area contributed by atoms with E-state index in [1.165, 1.54) is 32.3 Å². The fourth-order valence-corrected chi connectivity index (χ4v) is 13.1. The number of nitrogens with zero attached hydrogens (tertiary/aromatic N) is 7. The van der Waals surface area contributed by atoms with Crippen LogP contribution in [0.1, 0.15) is 0 Å². The molecule has 0 bridgehead atoms. The normalized spacial score (nSPS) is 11.9. The van der Waals surface area contributed by atoms with Gasteiger partial charge in [-0.15, -0.1) is 0 Å². The van der Waals surface area contributed by atoms with Crippen LogP contribution in [0.15, 0.2) is 285 Å². The van der Waals surface area contributed by atoms with Gasteiger partial charge in [0.05, 0.1) is 49.8 Å². The topological polar surface area (TPSA) is 58.4 Å². The Kier molecular flexibility index (Phi) is 10.2. The molecule has 0 fully saturated rings. The van der Waals surface area contributed by atoms with Crippen molar-refractivity contribution >= 4 is 87.2 Å². The quantitative estimate of drug-likeness (QED) is 0.152. The van der Waals surface area contributed by atoms with E-state index in [1.807, 2.05) is 36.4 Å². The lowest BCUT2D eigenvalue weighted by molar-refractivity contribution is 1.06. The number of benzene rings is 12. The van der Waals surface area contributed by atoms with Crippen LogP contribution in [0.25, 0.3) is 155 Å². The average molecular weight is 1050 g/mol. The Hall–Kier alpha value is -11.2. The van der Waals surface area contributed by atoms with E-state index in [0.717, 1.165) is 105 Å². The molecule has 382 valence electrons. The molecule has 82 heavy (non-hydrogen) atoms. The predicted molar refractivity (Wildman–Crippen MR) is 339 cm³/mol. The molecule has 0 amide bonds. The SMILES string of the molecule is c1ccc(-c2nc(-c3ccccc3)nc(-c3cc(-c4cccc5c4c4ccccc4n5-c4ccccc4)ccc3-n3c4ccc(-n5c6ccccc6c6ccccc65)cc4c4cc(-n5c6ccccc6c6ccccc65)ccc43)n2)cc1. The molecule has 0 spiro atoms. The maximum atomic E-state index is 5.49. The second-order valence-electron chi connectivity index (χ2n) is 21.1. The van der Waals surface area contributed by atoms with Crippen LogP contribution in [0.4, 0.5) is 0 Å². The van der Waals surface area contributed by atoms with Crippen LogP contribution < -0.4 is 0 Å². The van der Waals surface area contributed by atoms with Crippen molar-refractivity contribution in [1.82, 2.24) is 33.2 Å². The Bertz CT molecular complexity index is 5060. The van der Waals surface area contributed by atoms with E-state index in [9.17, 15) is 0 Å². The van der Waals surface area contributed by atoms with Crippen molar-refractivity contribution in [3.8, 4) is 68.0 Å². The van der Waals surface area contributed by atoms with Crippen LogP contribution in [0.5, 0.6) is 0 Å². The van der Waals surface area contributed by atoms with Crippen molar-refractivity contribution in [1.29, 1.82) is 0 Å². The third-order valence-electron chi connectivity index (χ3n) is 16.6. The number of hydrogen-bond acceptors (Lipinski definition) is 3. The van der Waals surface area contributed by atoms with Crippen LogP contribution in [0.3, 0.4) is 0 Å². The maximum Gasteiger partial charge on any atom is 0.166 e. The maximum absolute atomic E-state index is 5.49. The van der Waals surface area contributed by atoms with Gasteiger partial charge in [0.1, 0.15) is 0 Å². The first-order valence-corrected chi connectivity index (χ1v) is 27.9. The molecule has 0 saturated carbocycles. The molecular weight excluding hydrogens is 999 g/mol. The van der Waals surface area contributed by atoms with Crippen LogP contribution in [0.2, 0.25) is 0 Å². The summed E-state index contributed by atoms with van der Waals surface area (Å²) in [5, 5.41) is 9.50. The number of hydrogen-bond donors (Lipinski definition) is 0. The summed E-state index contributed by atoms with van der Waals surface area (Å²) < 4.78 is 9.65. The van der Waals surface area contributed by atoms with Gasteiger partial charge in [-0.3, -0.25) is 0 Å². The molecule has 0 unspecified atom stereocenters. The first-order chi connectivity index (χ1) is 40.7. The van der Waals surface area contributed by atoms with Gasteiger partial charge in [0.2, 0.25) is 0 Å². The van der Waals surface area contributed by atoms with Crippen LogP contribution in [0, 0.1) is 0 Å². The van der Waals surface area contributed by atoms with Gasteiger partial charge in [0.25, 0.3) is 0 Å². The molecule has 0 aliphatic heterocycles. The smallest absolute Gasteiger partial charge is 0.166 e. The van der Waals surface area contributed by atoms with Gasteiger partial charge in [0.15, 0.2) is 17.5 Å². The fourth-order valence-electron chi connectivity index (χ4n) is 13.1. The van der Waals surface area contributed by atoms with E-state index in [2.05, 4.69) is 267 Å². The molecule has 5 heterocycles. The van der Waals surface area contributed by atoms with Crippen molar-refractivity contribution in [3.63, 3.8) is 0 Å². The largest absolute Gasteiger partial charge is 0.309 e. The number of aromatic nitrogens is 7. The Balaban J connectivity index is 0.975. The highest BCUT2D eigenvalue weighted by Crippen LogP contribution is 2.44. The Morgan fingerprint density at radius 3 is 1.10 bits per heavy atom. The minimum absolute atomic E-state index is 0.572. The molecule has 17 aromatic rings. The zero-order chi connectivity index (χ0) is 53.8. The summed E-state index contributed by atoms with van der Waals surface area (Å²) in [6, 6.07) is 102. The summed E-state index contributed by atoms with van der Waals surface area (Å²) in [4.78, 5) is 16.2. The summed E-state index contributed by atoms with van der Waals surface area (Å²) in [6.07, 6.45) is 0. The van der Waals surface area contributed by atoms with Crippen molar-refractivity contribution in [2.75, 3.05) is 0 Å². The summed E-state index contributed by atoms with van der Waals surface area (Å²) in [5.74, 6) is 1.77. The van der Waals surface area contributed by atoms with E-state index in [-0.39, 0.29) is 0 Å². The molecule has 17 rings (SSSR count). The van der Waals surface area contributed by atoms with Crippen molar-refractivity contribution in [3.05, 3.63) is 285 Å². The van der Waals surface area contributed by atoms with E-state index in [0.29, 0.717) is 17.5 Å². The lowest BCUT2D eigenvalue weighted by atomic mass is 9.96. The zero-order valence-electron chi connectivity index (χ0n) is 44.3. The van der Waals surface area contributed by atoms with Crippen molar-refractivity contribution in [2.45, 2.75) is 0 Å². The van der Waals surface area contributed by atoms with Gasteiger partial charge < -0.3 is 18.3 Å². The first kappa shape index (κ1) is 45.8. The number of para-hydroxylation sites is 6. The second kappa shape index (κ2) is 18.2. The molecular formula is C75H47N7. The Morgan fingerprint density at radius 1 is 0.207 bits per heavy atom. The number of fused-ring (bicyclic) bond motifs is 12. The highest BCUT2D eigenvalue weighted by molar-refractivity contribution is 6.17. The summed E-state index contributed by atoms with van der Waals surface area (Å²) in [6.45, 7) is 0. The van der Waals surface area contributed by atoms with Gasteiger partial charge in [-0.2, -0.15) is 0 Å². The molecule has 5 aromatic heterocycles. The third kappa shape index (κ3) is 7.00. The Labute approximate surface area is 471 Å². The second-order valence-corrected chi connectivity index (χ2v) is 21.1. The van der Waals surface area contributed by atoms with Gasteiger partial charge in [-0.25, -0.2) is 15.0 Å². The van der Waals surface area contributed by atoms with Crippen LogP contribution in [-0.2, 0) is 0 Å². The van der Waals surface area contributed by atoms with Crippen LogP contribution >= 0.6 is 0 Å². The fraction of sp³-hybridized carbons (Fsp3) is 0. The summed E-state index contributed by atoms with van der Waals surface area (Å²) >= 11 is 0. The molecule has 0 aliphatic rings. The lowest BCUT2D eigenvalue weighted by Gasteiger charge is -2.17. The van der Waals surface area contributed by atoms with E-state index in [4.69, 9.17) is 15.0 Å². The van der Waals surface area contributed by atoms with Crippen LogP contribution in [-0.4, -0.2) is 33.2 Å². The molecule has 0 N–H and O–H groups in total.